The number of rotatable bonds is 2. The minimum Gasteiger partial charge on any atom is -0.370 e. The molecule has 5 rings (SSSR count). The Morgan fingerprint density at radius 2 is 1.93 bits per heavy atom. The van der Waals surface area contributed by atoms with Gasteiger partial charge in [-0.2, -0.15) is 15.5 Å². The van der Waals surface area contributed by atoms with E-state index in [-0.39, 0.29) is 5.41 Å². The summed E-state index contributed by atoms with van der Waals surface area (Å²) in [5.41, 5.74) is 5.47. The standard InChI is InChI=1S/C22H22N6/c1-22(15-23)7-10-27(11-8-22)20-4-3-9-28-21(20)18(14-25-28)16-5-6-19-17(12-16)13-24-26(19)2/h3-6,9,12-14H,7-8,10-11H2,1-2H3. The first-order valence-corrected chi connectivity index (χ1v) is 9.63. The summed E-state index contributed by atoms with van der Waals surface area (Å²) < 4.78 is 3.84. The highest BCUT2D eigenvalue weighted by molar-refractivity contribution is 5.93. The van der Waals surface area contributed by atoms with Crippen LogP contribution in [0.25, 0.3) is 27.5 Å². The third kappa shape index (κ3) is 2.55. The number of hydrogen-bond donors (Lipinski definition) is 0. The van der Waals surface area contributed by atoms with Gasteiger partial charge in [-0.25, -0.2) is 4.52 Å². The van der Waals surface area contributed by atoms with Crippen molar-refractivity contribution in [3.8, 4) is 17.2 Å². The SMILES string of the molecule is Cn1ncc2cc(-c3cnn4cccc(N5CCC(C)(C#N)CC5)c34)ccc21. The minimum atomic E-state index is -0.212. The highest BCUT2D eigenvalue weighted by Crippen LogP contribution is 2.37. The maximum atomic E-state index is 9.44. The van der Waals surface area contributed by atoms with E-state index >= 15 is 0 Å². The molecule has 1 aliphatic heterocycles. The van der Waals surface area contributed by atoms with Crippen molar-refractivity contribution in [2.24, 2.45) is 12.5 Å². The van der Waals surface area contributed by atoms with Crippen molar-refractivity contribution < 1.29 is 0 Å². The van der Waals surface area contributed by atoms with Crippen molar-refractivity contribution in [1.82, 2.24) is 19.4 Å². The number of pyridine rings is 1. The summed E-state index contributed by atoms with van der Waals surface area (Å²) in [6.07, 6.45) is 7.61. The van der Waals surface area contributed by atoms with Crippen LogP contribution in [-0.2, 0) is 7.05 Å². The van der Waals surface area contributed by atoms with Crippen molar-refractivity contribution >= 4 is 22.1 Å². The fourth-order valence-corrected chi connectivity index (χ4v) is 4.18. The van der Waals surface area contributed by atoms with Crippen LogP contribution in [0.5, 0.6) is 0 Å². The zero-order valence-electron chi connectivity index (χ0n) is 16.1. The van der Waals surface area contributed by atoms with Gasteiger partial charge in [-0.3, -0.25) is 4.68 Å². The molecule has 0 amide bonds. The Balaban J connectivity index is 1.60. The van der Waals surface area contributed by atoms with E-state index in [1.54, 1.807) is 0 Å². The molecule has 0 radical (unpaired) electrons. The number of aromatic nitrogens is 4. The van der Waals surface area contributed by atoms with Crippen molar-refractivity contribution in [2.45, 2.75) is 19.8 Å². The van der Waals surface area contributed by atoms with Crippen molar-refractivity contribution in [2.75, 3.05) is 18.0 Å². The quantitative estimate of drug-likeness (QED) is 0.535. The Hall–Kier alpha value is -3.33. The Bertz CT molecular complexity index is 1220. The molecule has 6 heteroatoms. The topological polar surface area (TPSA) is 62.2 Å². The molecule has 0 N–H and O–H groups in total. The van der Waals surface area contributed by atoms with Gasteiger partial charge in [0.05, 0.1) is 40.6 Å². The number of anilines is 1. The molecule has 1 aliphatic rings. The van der Waals surface area contributed by atoms with E-state index in [0.29, 0.717) is 0 Å². The van der Waals surface area contributed by atoms with Gasteiger partial charge in [0.1, 0.15) is 0 Å². The Morgan fingerprint density at radius 1 is 1.11 bits per heavy atom. The number of aryl methyl sites for hydroxylation is 1. The summed E-state index contributed by atoms with van der Waals surface area (Å²) in [6, 6.07) is 13.1. The lowest BCUT2D eigenvalue weighted by molar-refractivity contribution is 0.337. The predicted octanol–water partition coefficient (Wildman–Crippen LogP) is 4.02. The van der Waals surface area contributed by atoms with E-state index in [1.807, 2.05) is 40.9 Å². The van der Waals surface area contributed by atoms with Crippen LogP contribution in [0, 0.1) is 16.7 Å². The molecule has 0 atom stereocenters. The van der Waals surface area contributed by atoms with Crippen LogP contribution in [0.4, 0.5) is 5.69 Å². The van der Waals surface area contributed by atoms with Crippen LogP contribution in [0.3, 0.4) is 0 Å². The van der Waals surface area contributed by atoms with Crippen LogP contribution in [0.2, 0.25) is 0 Å². The van der Waals surface area contributed by atoms with Crippen LogP contribution >= 0.6 is 0 Å². The molecule has 1 fully saturated rings. The predicted molar refractivity (Wildman–Crippen MR) is 110 cm³/mol. The van der Waals surface area contributed by atoms with Gasteiger partial charge in [-0.15, -0.1) is 0 Å². The van der Waals surface area contributed by atoms with E-state index in [0.717, 1.165) is 53.5 Å². The summed E-state index contributed by atoms with van der Waals surface area (Å²) in [7, 11) is 1.96. The van der Waals surface area contributed by atoms with Crippen molar-refractivity contribution in [3.05, 3.63) is 48.9 Å². The monoisotopic (exact) mass is 370 g/mol. The van der Waals surface area contributed by atoms with Gasteiger partial charge in [-0.1, -0.05) is 6.07 Å². The maximum Gasteiger partial charge on any atom is 0.0973 e. The second-order valence-corrected chi connectivity index (χ2v) is 7.95. The summed E-state index contributed by atoms with van der Waals surface area (Å²) >= 11 is 0. The molecular weight excluding hydrogens is 348 g/mol. The molecule has 4 heterocycles. The second kappa shape index (κ2) is 6.10. The third-order valence-corrected chi connectivity index (χ3v) is 6.05. The van der Waals surface area contributed by atoms with Crippen LogP contribution in [0.15, 0.2) is 48.9 Å². The Labute approximate surface area is 163 Å². The van der Waals surface area contributed by atoms with Gasteiger partial charge >= 0.3 is 0 Å². The van der Waals surface area contributed by atoms with E-state index < -0.39 is 0 Å². The number of hydrogen-bond acceptors (Lipinski definition) is 4. The molecule has 0 spiro atoms. The Kier molecular flexibility index (Phi) is 3.66. The third-order valence-electron chi connectivity index (χ3n) is 6.05. The van der Waals surface area contributed by atoms with Gasteiger partial charge in [0.15, 0.2) is 0 Å². The number of nitrogens with zero attached hydrogens (tertiary/aromatic N) is 6. The lowest BCUT2D eigenvalue weighted by atomic mass is 9.82. The summed E-state index contributed by atoms with van der Waals surface area (Å²) in [6.45, 7) is 3.84. The molecular formula is C22H22N6. The lowest BCUT2D eigenvalue weighted by Gasteiger charge is -2.36. The number of piperidine rings is 1. The van der Waals surface area contributed by atoms with Gasteiger partial charge in [0.25, 0.3) is 0 Å². The van der Waals surface area contributed by atoms with E-state index in [9.17, 15) is 5.26 Å². The average Bonchev–Trinajstić information content (AvgIpc) is 3.32. The fourth-order valence-electron chi connectivity index (χ4n) is 4.18. The largest absolute Gasteiger partial charge is 0.370 e. The summed E-state index contributed by atoms with van der Waals surface area (Å²) in [5.74, 6) is 0. The molecule has 6 nitrogen and oxygen atoms in total. The molecule has 140 valence electrons. The molecule has 28 heavy (non-hydrogen) atoms. The Morgan fingerprint density at radius 3 is 2.71 bits per heavy atom. The number of benzene rings is 1. The first-order chi connectivity index (χ1) is 13.6. The molecule has 0 unspecified atom stereocenters. The molecule has 0 saturated carbocycles. The molecule has 0 aliphatic carbocycles. The van der Waals surface area contributed by atoms with Crippen LogP contribution in [-0.4, -0.2) is 32.5 Å². The van der Waals surface area contributed by atoms with Crippen LogP contribution < -0.4 is 4.90 Å². The van der Waals surface area contributed by atoms with Gasteiger partial charge in [-0.05, 0) is 49.6 Å². The smallest absolute Gasteiger partial charge is 0.0973 e. The first kappa shape index (κ1) is 16.8. The zero-order valence-corrected chi connectivity index (χ0v) is 16.1. The average molecular weight is 370 g/mol. The summed E-state index contributed by atoms with van der Waals surface area (Å²) in [5, 5.41) is 19.5. The zero-order chi connectivity index (χ0) is 19.3. The molecule has 3 aromatic heterocycles. The van der Waals surface area contributed by atoms with Crippen molar-refractivity contribution in [1.29, 1.82) is 5.26 Å². The fraction of sp³-hybridized carbons (Fsp3) is 0.318. The minimum absolute atomic E-state index is 0.212. The maximum absolute atomic E-state index is 9.44. The second-order valence-electron chi connectivity index (χ2n) is 7.95. The molecule has 4 aromatic rings. The van der Waals surface area contributed by atoms with Crippen molar-refractivity contribution in [3.63, 3.8) is 0 Å². The van der Waals surface area contributed by atoms with Gasteiger partial charge in [0.2, 0.25) is 0 Å². The molecule has 0 bridgehead atoms. The van der Waals surface area contributed by atoms with E-state index in [1.165, 1.54) is 5.69 Å². The van der Waals surface area contributed by atoms with E-state index in [4.69, 9.17) is 0 Å². The highest BCUT2D eigenvalue weighted by Gasteiger charge is 2.31. The van der Waals surface area contributed by atoms with E-state index in [2.05, 4.69) is 52.4 Å². The first-order valence-electron chi connectivity index (χ1n) is 9.63. The molecule has 1 saturated heterocycles. The molecule has 1 aromatic carbocycles. The number of fused-ring (bicyclic) bond motifs is 2. The van der Waals surface area contributed by atoms with Gasteiger partial charge < -0.3 is 4.90 Å². The lowest BCUT2D eigenvalue weighted by Crippen LogP contribution is -2.38. The van der Waals surface area contributed by atoms with Crippen LogP contribution in [0.1, 0.15) is 19.8 Å². The number of nitriles is 1. The summed E-state index contributed by atoms with van der Waals surface area (Å²) in [4.78, 5) is 2.39. The normalized spacial score (nSPS) is 16.5. The highest BCUT2D eigenvalue weighted by atomic mass is 15.3. The van der Waals surface area contributed by atoms with Gasteiger partial charge in [0, 0.05) is 37.3 Å².